The molecule has 3 aromatic heterocycles. The lowest BCUT2D eigenvalue weighted by atomic mass is 9.79. The molecule has 63 heavy (non-hydrogen) atoms. The van der Waals surface area contributed by atoms with E-state index in [1.54, 1.807) is 0 Å². The zero-order chi connectivity index (χ0) is 44.2. The first-order chi connectivity index (χ1) is 30.2. The van der Waals surface area contributed by atoms with Gasteiger partial charge < -0.3 is 5.11 Å². The summed E-state index contributed by atoms with van der Waals surface area (Å²) in [6, 6.07) is 51.3. The van der Waals surface area contributed by atoms with Crippen molar-refractivity contribution in [3.63, 3.8) is 0 Å². The Labute approximate surface area is 371 Å². The van der Waals surface area contributed by atoms with Gasteiger partial charge in [-0.15, -0.1) is 0 Å². The highest BCUT2D eigenvalue weighted by Crippen LogP contribution is 2.45. The average Bonchev–Trinajstić information content (AvgIpc) is 3.65. The fourth-order valence-corrected chi connectivity index (χ4v) is 8.77. The van der Waals surface area contributed by atoms with Crippen LogP contribution in [-0.4, -0.2) is 24.6 Å². The van der Waals surface area contributed by atoms with E-state index in [9.17, 15) is 5.11 Å². The summed E-state index contributed by atoms with van der Waals surface area (Å²) in [7, 11) is 0. The number of benzene rings is 6. The smallest absolute Gasteiger partial charge is 0.149 e. The van der Waals surface area contributed by atoms with Gasteiger partial charge in [0.1, 0.15) is 17.1 Å². The highest BCUT2D eigenvalue weighted by molar-refractivity contribution is 5.96. The van der Waals surface area contributed by atoms with Crippen LogP contribution < -0.4 is 0 Å². The summed E-state index contributed by atoms with van der Waals surface area (Å²) in [5.74, 6) is 0.922. The molecule has 0 aliphatic rings. The van der Waals surface area contributed by atoms with Gasteiger partial charge in [-0.3, -0.25) is 14.5 Å². The fourth-order valence-electron chi connectivity index (χ4n) is 8.77. The van der Waals surface area contributed by atoms with Crippen LogP contribution in [0.5, 0.6) is 5.75 Å². The summed E-state index contributed by atoms with van der Waals surface area (Å²) in [6.45, 7) is 19.5. The van der Waals surface area contributed by atoms with Crippen molar-refractivity contribution in [2.24, 2.45) is 0 Å². The molecule has 312 valence electrons. The molecule has 5 heteroatoms. The molecule has 0 bridgehead atoms. The van der Waals surface area contributed by atoms with Crippen molar-refractivity contribution in [2.75, 3.05) is 0 Å². The van der Waals surface area contributed by atoms with Crippen LogP contribution in [-0.2, 0) is 10.8 Å². The highest BCUT2D eigenvalue weighted by Gasteiger charge is 2.29. The van der Waals surface area contributed by atoms with Crippen LogP contribution in [0.15, 0.2) is 158 Å². The summed E-state index contributed by atoms with van der Waals surface area (Å²) in [5, 5.41) is 12.3. The normalized spacial score (nSPS) is 12.0. The first-order valence-electron chi connectivity index (χ1n) is 21.8. The summed E-state index contributed by atoms with van der Waals surface area (Å²) in [5.41, 5.74) is 18.6. The predicted octanol–water partition coefficient (Wildman–Crippen LogP) is 15.0. The minimum atomic E-state index is -0.313. The number of imidazole rings is 1. The van der Waals surface area contributed by atoms with E-state index < -0.39 is 0 Å². The topological polar surface area (TPSA) is 63.8 Å². The molecule has 5 nitrogen and oxygen atoms in total. The van der Waals surface area contributed by atoms with Crippen LogP contribution in [0.25, 0.3) is 84.0 Å². The molecule has 9 aromatic rings. The largest absolute Gasteiger partial charge is 0.507 e. The number of aryl methyl sites for hydroxylation is 3. The molecule has 0 spiro atoms. The Hall–Kier alpha value is -7.11. The van der Waals surface area contributed by atoms with Crippen molar-refractivity contribution in [3.05, 3.63) is 186 Å². The maximum absolute atomic E-state index is 12.3. The highest BCUT2D eigenvalue weighted by atomic mass is 16.3. The van der Waals surface area contributed by atoms with E-state index in [2.05, 4.69) is 200 Å². The number of hydrogen-bond acceptors (Lipinski definition) is 4. The maximum atomic E-state index is 12.3. The molecule has 0 aliphatic heterocycles. The molecule has 6 aromatic carbocycles. The number of para-hydroxylation sites is 1. The second-order valence-electron chi connectivity index (χ2n) is 19.0. The average molecular weight is 823 g/mol. The number of aromatic nitrogens is 4. The van der Waals surface area contributed by atoms with Crippen molar-refractivity contribution in [2.45, 2.75) is 73.1 Å². The van der Waals surface area contributed by atoms with E-state index in [4.69, 9.17) is 15.0 Å². The Morgan fingerprint density at radius 1 is 0.492 bits per heavy atom. The van der Waals surface area contributed by atoms with E-state index in [1.165, 1.54) is 11.1 Å². The Morgan fingerprint density at radius 3 is 1.71 bits per heavy atom. The van der Waals surface area contributed by atoms with E-state index in [0.717, 1.165) is 89.3 Å². The van der Waals surface area contributed by atoms with E-state index >= 15 is 0 Å². The van der Waals surface area contributed by atoms with E-state index in [1.807, 2.05) is 24.5 Å². The number of phenols is 1. The first-order valence-corrected chi connectivity index (χ1v) is 21.8. The van der Waals surface area contributed by atoms with Crippen LogP contribution >= 0.6 is 0 Å². The second-order valence-corrected chi connectivity index (χ2v) is 19.0. The van der Waals surface area contributed by atoms with Gasteiger partial charge in [-0.05, 0) is 124 Å². The number of hydrogen-bond donors (Lipinski definition) is 1. The van der Waals surface area contributed by atoms with E-state index in [-0.39, 0.29) is 16.6 Å². The third-order valence-corrected chi connectivity index (χ3v) is 12.3. The van der Waals surface area contributed by atoms with E-state index in [0.29, 0.717) is 11.4 Å². The SMILES string of the molecule is Cc1cnc(-c2cc(-c3ccccc3)cc(-c3nccc4c3nc(-c3cc(C(C)(C)C)cc(C(C)(C)C)c3O)n4-c3c(C)cccc3C)c2)cc1-c1ccc(-c2ccccc2)cc1. The molecular formula is C58H54N4O. The number of fused-ring (bicyclic) bond motifs is 1. The lowest BCUT2D eigenvalue weighted by Gasteiger charge is -2.27. The van der Waals surface area contributed by atoms with Gasteiger partial charge in [0.25, 0.3) is 0 Å². The minimum absolute atomic E-state index is 0.172. The monoisotopic (exact) mass is 822 g/mol. The molecule has 0 aliphatic carbocycles. The lowest BCUT2D eigenvalue weighted by Crippen LogP contribution is -2.17. The molecule has 0 saturated heterocycles. The number of pyridine rings is 2. The third kappa shape index (κ3) is 7.85. The summed E-state index contributed by atoms with van der Waals surface area (Å²) in [4.78, 5) is 15.7. The fraction of sp³-hybridized carbons (Fsp3) is 0.190. The molecule has 0 radical (unpaired) electrons. The second kappa shape index (κ2) is 16.0. The summed E-state index contributed by atoms with van der Waals surface area (Å²) < 4.78 is 2.23. The maximum Gasteiger partial charge on any atom is 0.149 e. The lowest BCUT2D eigenvalue weighted by molar-refractivity contribution is 0.446. The van der Waals surface area contributed by atoms with Gasteiger partial charge in [0, 0.05) is 29.1 Å². The van der Waals surface area contributed by atoms with Crippen molar-refractivity contribution in [3.8, 4) is 78.7 Å². The summed E-state index contributed by atoms with van der Waals surface area (Å²) >= 11 is 0. The molecule has 9 rings (SSSR count). The van der Waals surface area contributed by atoms with Crippen LogP contribution in [0.1, 0.15) is 69.4 Å². The Balaban J connectivity index is 1.28. The predicted molar refractivity (Wildman–Crippen MR) is 263 cm³/mol. The Kier molecular flexibility index (Phi) is 10.5. The molecule has 0 amide bonds. The Bertz CT molecular complexity index is 3130. The number of phenolic OH excluding ortho intramolecular Hbond substituents is 1. The zero-order valence-corrected chi connectivity index (χ0v) is 37.7. The van der Waals surface area contributed by atoms with Gasteiger partial charge in [0.2, 0.25) is 0 Å². The third-order valence-electron chi connectivity index (χ3n) is 12.3. The summed E-state index contributed by atoms with van der Waals surface area (Å²) in [6.07, 6.45) is 3.86. The van der Waals surface area contributed by atoms with Crippen molar-refractivity contribution >= 4 is 11.0 Å². The van der Waals surface area contributed by atoms with Crippen LogP contribution in [0.3, 0.4) is 0 Å². The standard InChI is InChI=1S/C58H54N4O/c1-36-17-16-18-37(2)54(36)62-51-27-28-59-52(53(51)61-56(62)48-32-46(57(4,5)6)33-49(55(48)63)58(7,8)9)45-30-43(40-21-14-11-15-22-40)29-44(31-45)50-34-47(38(3)35-60-50)42-25-23-41(24-26-42)39-19-12-10-13-20-39/h10-35,63H,1-9H3. The van der Waals surface area contributed by atoms with Crippen molar-refractivity contribution in [1.29, 1.82) is 0 Å². The van der Waals surface area contributed by atoms with Crippen molar-refractivity contribution in [1.82, 2.24) is 19.5 Å². The number of rotatable bonds is 7. The van der Waals surface area contributed by atoms with Gasteiger partial charge in [0.15, 0.2) is 0 Å². The van der Waals surface area contributed by atoms with Crippen LogP contribution in [0.4, 0.5) is 0 Å². The van der Waals surface area contributed by atoms with Crippen molar-refractivity contribution < 1.29 is 5.11 Å². The molecular weight excluding hydrogens is 769 g/mol. The molecule has 0 unspecified atom stereocenters. The quantitative estimate of drug-likeness (QED) is 0.174. The molecule has 3 heterocycles. The minimum Gasteiger partial charge on any atom is -0.507 e. The van der Waals surface area contributed by atoms with Gasteiger partial charge in [-0.1, -0.05) is 151 Å². The van der Waals surface area contributed by atoms with Crippen LogP contribution in [0, 0.1) is 20.8 Å². The number of nitrogens with zero attached hydrogens (tertiary/aromatic N) is 4. The molecule has 0 fully saturated rings. The van der Waals surface area contributed by atoms with Gasteiger partial charge in [0.05, 0.1) is 28.2 Å². The van der Waals surface area contributed by atoms with Gasteiger partial charge >= 0.3 is 0 Å². The molecule has 1 N–H and O–H groups in total. The van der Waals surface area contributed by atoms with Crippen LogP contribution in [0.2, 0.25) is 0 Å². The van der Waals surface area contributed by atoms with Gasteiger partial charge in [-0.2, -0.15) is 0 Å². The van der Waals surface area contributed by atoms with Gasteiger partial charge in [-0.25, -0.2) is 4.98 Å². The molecule has 0 saturated carbocycles. The zero-order valence-electron chi connectivity index (χ0n) is 37.7. The first kappa shape index (κ1) is 41.3. The number of aromatic hydroxyl groups is 1. The Morgan fingerprint density at radius 2 is 1.08 bits per heavy atom. The molecule has 0 atom stereocenters.